The summed E-state index contributed by atoms with van der Waals surface area (Å²) in [5, 5.41) is 4.14. The highest BCUT2D eigenvalue weighted by atomic mass is 35.5. The maximum absolute atomic E-state index is 6.03. The number of rotatable bonds is 4. The zero-order chi connectivity index (χ0) is 11.5. The molecule has 1 rings (SSSR count). The third-order valence-electron chi connectivity index (χ3n) is 2.50. The molecule has 2 nitrogen and oxygen atoms in total. The van der Waals surface area contributed by atoms with E-state index in [-0.39, 0.29) is 5.41 Å². The van der Waals surface area contributed by atoms with E-state index in [0.717, 1.165) is 22.8 Å². The van der Waals surface area contributed by atoms with E-state index < -0.39 is 0 Å². The third kappa shape index (κ3) is 3.73. The Balaban J connectivity index is 2.62. The van der Waals surface area contributed by atoms with Gasteiger partial charge in [-0.25, -0.2) is 0 Å². The van der Waals surface area contributed by atoms with Gasteiger partial charge in [0, 0.05) is 17.3 Å². The van der Waals surface area contributed by atoms with Gasteiger partial charge in [0.05, 0.1) is 0 Å². The summed E-state index contributed by atoms with van der Waals surface area (Å²) >= 11 is 6.03. The normalized spacial score (nSPS) is 11.5. The summed E-state index contributed by atoms with van der Waals surface area (Å²) in [4.78, 5) is 0. The quantitative estimate of drug-likeness (QED) is 0.828. The highest BCUT2D eigenvalue weighted by Gasteiger charge is 2.14. The van der Waals surface area contributed by atoms with Crippen molar-refractivity contribution >= 4 is 17.3 Å². The average Bonchev–Trinajstić information content (AvgIpc) is 2.20. The molecule has 0 saturated carbocycles. The van der Waals surface area contributed by atoms with E-state index >= 15 is 0 Å². The summed E-state index contributed by atoms with van der Waals surface area (Å²) in [5.41, 5.74) is 7.91. The number of aryl methyl sites for hydroxylation is 1. The largest absolute Gasteiger partial charge is 0.384 e. The second-order valence-corrected chi connectivity index (χ2v) is 5.09. The zero-order valence-corrected chi connectivity index (χ0v) is 10.4. The van der Waals surface area contributed by atoms with Gasteiger partial charge in [-0.3, -0.25) is 0 Å². The number of hydrogen-bond acceptors (Lipinski definition) is 2. The van der Waals surface area contributed by atoms with Gasteiger partial charge in [-0.05, 0) is 36.6 Å². The molecule has 0 aliphatic rings. The van der Waals surface area contributed by atoms with E-state index in [4.69, 9.17) is 17.3 Å². The van der Waals surface area contributed by atoms with Crippen molar-refractivity contribution in [2.75, 3.05) is 18.4 Å². The first-order valence-corrected chi connectivity index (χ1v) is 5.52. The maximum Gasteiger partial charge on any atom is 0.0455 e. The van der Waals surface area contributed by atoms with E-state index in [1.807, 2.05) is 25.1 Å². The van der Waals surface area contributed by atoms with Crippen LogP contribution in [0.3, 0.4) is 0 Å². The Morgan fingerprint density at radius 1 is 1.40 bits per heavy atom. The van der Waals surface area contributed by atoms with Gasteiger partial charge in [0.25, 0.3) is 0 Å². The lowest BCUT2D eigenvalue weighted by Gasteiger charge is -2.23. The first-order valence-electron chi connectivity index (χ1n) is 5.15. The molecule has 3 heteroatoms. The Morgan fingerprint density at radius 3 is 2.60 bits per heavy atom. The van der Waals surface area contributed by atoms with Crippen LogP contribution in [0.15, 0.2) is 18.2 Å². The molecule has 0 radical (unpaired) electrons. The number of hydrogen-bond donors (Lipinski definition) is 2. The molecule has 15 heavy (non-hydrogen) atoms. The molecule has 3 N–H and O–H groups in total. The van der Waals surface area contributed by atoms with Gasteiger partial charge in [-0.15, -0.1) is 0 Å². The minimum Gasteiger partial charge on any atom is -0.384 e. The fourth-order valence-electron chi connectivity index (χ4n) is 1.12. The van der Waals surface area contributed by atoms with Crippen molar-refractivity contribution in [2.24, 2.45) is 11.1 Å². The highest BCUT2D eigenvalue weighted by molar-refractivity contribution is 6.31. The Kier molecular flexibility index (Phi) is 4.00. The van der Waals surface area contributed by atoms with E-state index in [1.165, 1.54) is 0 Å². The highest BCUT2D eigenvalue weighted by Crippen LogP contribution is 2.21. The predicted octanol–water partition coefficient (Wildman–Crippen LogP) is 3.05. The van der Waals surface area contributed by atoms with Crippen LogP contribution in [0.2, 0.25) is 5.02 Å². The van der Waals surface area contributed by atoms with Crippen LogP contribution in [-0.2, 0) is 0 Å². The third-order valence-corrected chi connectivity index (χ3v) is 2.90. The first kappa shape index (κ1) is 12.3. The Bertz CT molecular complexity index is 334. The zero-order valence-electron chi connectivity index (χ0n) is 9.60. The lowest BCUT2D eigenvalue weighted by Crippen LogP contribution is -2.31. The van der Waals surface area contributed by atoms with Gasteiger partial charge in [-0.1, -0.05) is 31.5 Å². The number of nitrogens with two attached hydrogens (primary N) is 1. The van der Waals surface area contributed by atoms with Gasteiger partial charge in [-0.2, -0.15) is 0 Å². The van der Waals surface area contributed by atoms with Crippen molar-refractivity contribution < 1.29 is 0 Å². The summed E-state index contributed by atoms with van der Waals surface area (Å²) < 4.78 is 0. The van der Waals surface area contributed by atoms with Crippen LogP contribution in [0.1, 0.15) is 19.4 Å². The topological polar surface area (TPSA) is 38.0 Å². The molecule has 0 aliphatic carbocycles. The van der Waals surface area contributed by atoms with Crippen LogP contribution in [0, 0.1) is 12.3 Å². The molecular formula is C12H19ClN2. The Hall–Kier alpha value is -0.730. The van der Waals surface area contributed by atoms with Crippen molar-refractivity contribution in [3.8, 4) is 0 Å². The van der Waals surface area contributed by atoms with Crippen molar-refractivity contribution in [3.05, 3.63) is 28.8 Å². The number of halogens is 1. The smallest absolute Gasteiger partial charge is 0.0455 e. The van der Waals surface area contributed by atoms with Crippen LogP contribution in [0.25, 0.3) is 0 Å². The molecule has 0 unspecified atom stereocenters. The van der Waals surface area contributed by atoms with Crippen LogP contribution in [0.4, 0.5) is 5.69 Å². The number of anilines is 1. The van der Waals surface area contributed by atoms with E-state index in [9.17, 15) is 0 Å². The molecule has 84 valence electrons. The molecule has 0 fully saturated rings. The number of benzene rings is 1. The molecule has 0 saturated heterocycles. The molecule has 0 aromatic heterocycles. The molecule has 0 bridgehead atoms. The van der Waals surface area contributed by atoms with Gasteiger partial charge in [0.2, 0.25) is 0 Å². The lowest BCUT2D eigenvalue weighted by atomic mass is 9.94. The van der Waals surface area contributed by atoms with E-state index in [1.54, 1.807) is 0 Å². The molecular weight excluding hydrogens is 208 g/mol. The van der Waals surface area contributed by atoms with Crippen molar-refractivity contribution in [3.63, 3.8) is 0 Å². The Labute approximate surface area is 96.8 Å². The summed E-state index contributed by atoms with van der Waals surface area (Å²) in [5.74, 6) is 0. The fourth-order valence-corrected chi connectivity index (χ4v) is 1.30. The molecule has 0 aliphatic heterocycles. The van der Waals surface area contributed by atoms with Gasteiger partial charge < -0.3 is 11.1 Å². The molecule has 0 heterocycles. The van der Waals surface area contributed by atoms with Gasteiger partial charge in [0.1, 0.15) is 0 Å². The van der Waals surface area contributed by atoms with Gasteiger partial charge in [0.15, 0.2) is 0 Å². The first-order chi connectivity index (χ1) is 6.94. The monoisotopic (exact) mass is 226 g/mol. The fraction of sp³-hybridized carbons (Fsp3) is 0.500. The van der Waals surface area contributed by atoms with Crippen molar-refractivity contribution in [2.45, 2.75) is 20.8 Å². The van der Waals surface area contributed by atoms with Crippen molar-refractivity contribution in [1.29, 1.82) is 0 Å². The predicted molar refractivity (Wildman–Crippen MR) is 67.5 cm³/mol. The van der Waals surface area contributed by atoms with Crippen LogP contribution >= 0.6 is 11.6 Å². The van der Waals surface area contributed by atoms with Crippen LogP contribution < -0.4 is 11.1 Å². The average molecular weight is 227 g/mol. The molecule has 1 aromatic carbocycles. The molecule has 0 amide bonds. The molecule has 0 spiro atoms. The Morgan fingerprint density at radius 2 is 2.07 bits per heavy atom. The minimum atomic E-state index is 0.108. The minimum absolute atomic E-state index is 0.108. The van der Waals surface area contributed by atoms with Crippen LogP contribution in [-0.4, -0.2) is 13.1 Å². The van der Waals surface area contributed by atoms with Crippen molar-refractivity contribution in [1.82, 2.24) is 0 Å². The standard InChI is InChI=1S/C12H19ClN2/c1-9-4-5-10(6-11(9)13)15-8-12(2,3)7-14/h4-6,15H,7-8,14H2,1-3H3. The lowest BCUT2D eigenvalue weighted by molar-refractivity contribution is 0.405. The second-order valence-electron chi connectivity index (χ2n) is 4.69. The summed E-state index contributed by atoms with van der Waals surface area (Å²) in [6.45, 7) is 7.78. The summed E-state index contributed by atoms with van der Waals surface area (Å²) in [6, 6.07) is 6.00. The second kappa shape index (κ2) is 4.86. The SMILES string of the molecule is Cc1ccc(NCC(C)(C)CN)cc1Cl. The van der Waals surface area contributed by atoms with E-state index in [2.05, 4.69) is 19.2 Å². The van der Waals surface area contributed by atoms with E-state index in [0.29, 0.717) is 6.54 Å². The molecule has 0 atom stereocenters. The van der Waals surface area contributed by atoms with Gasteiger partial charge >= 0.3 is 0 Å². The van der Waals surface area contributed by atoms with Crippen LogP contribution in [0.5, 0.6) is 0 Å². The maximum atomic E-state index is 6.03. The molecule has 1 aromatic rings. The number of nitrogens with one attached hydrogen (secondary N) is 1. The summed E-state index contributed by atoms with van der Waals surface area (Å²) in [6.07, 6.45) is 0. The summed E-state index contributed by atoms with van der Waals surface area (Å²) in [7, 11) is 0.